The molecule has 0 saturated heterocycles. The fraction of sp³-hybridized carbons (Fsp3) is 0.130. The Balaban J connectivity index is 1.76. The number of rotatable bonds is 6. The van der Waals surface area contributed by atoms with Crippen molar-refractivity contribution in [2.24, 2.45) is 5.73 Å². The zero-order chi connectivity index (χ0) is 25.3. The Morgan fingerprint density at radius 2 is 1.94 bits per heavy atom. The van der Waals surface area contributed by atoms with Crippen molar-refractivity contribution in [2.45, 2.75) is 19.5 Å². The summed E-state index contributed by atoms with van der Waals surface area (Å²) in [5.74, 6) is -4.38. The number of aromatic nitrogens is 3. The number of fused-ring (bicyclic) bond motifs is 1. The first-order valence-electron chi connectivity index (χ1n) is 10.2. The first-order chi connectivity index (χ1) is 16.6. The van der Waals surface area contributed by atoms with E-state index < -0.39 is 29.6 Å². The van der Waals surface area contributed by atoms with E-state index in [4.69, 9.17) is 5.73 Å². The van der Waals surface area contributed by atoms with Gasteiger partial charge in [0.15, 0.2) is 17.1 Å². The van der Waals surface area contributed by atoms with Gasteiger partial charge in [-0.25, -0.2) is 14.8 Å². The molecule has 2 aromatic heterocycles. The lowest BCUT2D eigenvalue weighted by molar-refractivity contribution is -0.189. The van der Waals surface area contributed by atoms with Gasteiger partial charge >= 0.3 is 12.1 Å². The van der Waals surface area contributed by atoms with Crippen LogP contribution in [0.4, 0.5) is 24.5 Å². The molecule has 35 heavy (non-hydrogen) atoms. The van der Waals surface area contributed by atoms with Gasteiger partial charge in [0.25, 0.3) is 5.91 Å². The molecule has 0 radical (unpaired) electrons. The molecule has 2 heterocycles. The molecule has 0 aliphatic heterocycles. The third kappa shape index (κ3) is 4.71. The lowest BCUT2D eigenvalue weighted by Gasteiger charge is -2.13. The molecule has 0 spiro atoms. The Morgan fingerprint density at radius 3 is 2.60 bits per heavy atom. The minimum absolute atomic E-state index is 0.0960. The number of hydrogen-bond acceptors (Lipinski definition) is 7. The number of nitrogens with two attached hydrogens (primary N) is 1. The van der Waals surface area contributed by atoms with Crippen molar-refractivity contribution < 1.29 is 32.6 Å². The van der Waals surface area contributed by atoms with Crippen LogP contribution in [0, 0.1) is 0 Å². The topological polar surface area (TPSA) is 143 Å². The lowest BCUT2D eigenvalue weighted by Crippen LogP contribution is -2.27. The number of anilines is 2. The fourth-order valence-corrected chi connectivity index (χ4v) is 3.40. The van der Waals surface area contributed by atoms with E-state index >= 15 is 0 Å². The molecular formula is C23H18F3N5O4. The molecule has 4 aromatic rings. The number of H-pyrrole nitrogens is 1. The SMILES string of the molecule is CCc1ccccc1Nc1c(C(N)=O)cnc2[nH]c(-c3ccc(OC(=O)C(F)(F)F)c(O)c3)nc12. The number of para-hydroxylation sites is 1. The third-order valence-electron chi connectivity index (χ3n) is 5.10. The average molecular weight is 485 g/mol. The molecule has 12 heteroatoms. The van der Waals surface area contributed by atoms with Crippen molar-refractivity contribution in [1.82, 2.24) is 15.0 Å². The monoisotopic (exact) mass is 485 g/mol. The highest BCUT2D eigenvalue weighted by atomic mass is 19.4. The van der Waals surface area contributed by atoms with Crippen LogP contribution >= 0.6 is 0 Å². The van der Waals surface area contributed by atoms with Gasteiger partial charge in [0, 0.05) is 17.4 Å². The molecule has 0 fully saturated rings. The highest BCUT2D eigenvalue weighted by Gasteiger charge is 2.41. The van der Waals surface area contributed by atoms with Gasteiger partial charge in [-0.3, -0.25) is 4.79 Å². The lowest BCUT2D eigenvalue weighted by atomic mass is 10.1. The summed E-state index contributed by atoms with van der Waals surface area (Å²) < 4.78 is 41.5. The number of imidazole rings is 1. The van der Waals surface area contributed by atoms with E-state index in [1.807, 2.05) is 31.2 Å². The number of benzene rings is 2. The molecule has 180 valence electrons. The van der Waals surface area contributed by atoms with Crippen LogP contribution in [0.1, 0.15) is 22.8 Å². The molecule has 0 saturated carbocycles. The van der Waals surface area contributed by atoms with Crippen LogP contribution < -0.4 is 15.8 Å². The van der Waals surface area contributed by atoms with Gasteiger partial charge in [-0.2, -0.15) is 13.2 Å². The summed E-state index contributed by atoms with van der Waals surface area (Å²) in [7, 11) is 0. The number of nitrogens with zero attached hydrogens (tertiary/aromatic N) is 2. The minimum Gasteiger partial charge on any atom is -0.504 e. The molecule has 1 amide bonds. The van der Waals surface area contributed by atoms with E-state index in [1.165, 1.54) is 12.3 Å². The number of carbonyl (C=O) groups is 2. The zero-order valence-corrected chi connectivity index (χ0v) is 18.1. The number of nitrogens with one attached hydrogen (secondary N) is 2. The van der Waals surface area contributed by atoms with Gasteiger partial charge in [0.1, 0.15) is 11.3 Å². The Kier molecular flexibility index (Phi) is 6.03. The first-order valence-corrected chi connectivity index (χ1v) is 10.2. The Hall–Kier alpha value is -4.61. The van der Waals surface area contributed by atoms with Crippen molar-refractivity contribution in [2.75, 3.05) is 5.32 Å². The largest absolute Gasteiger partial charge is 0.504 e. The van der Waals surface area contributed by atoms with Gasteiger partial charge in [0.05, 0.1) is 11.3 Å². The summed E-state index contributed by atoms with van der Waals surface area (Å²) in [4.78, 5) is 34.7. The predicted molar refractivity (Wildman–Crippen MR) is 120 cm³/mol. The summed E-state index contributed by atoms with van der Waals surface area (Å²) in [6, 6.07) is 10.8. The molecule has 4 rings (SSSR count). The maximum absolute atomic E-state index is 12.4. The number of aromatic amines is 1. The summed E-state index contributed by atoms with van der Waals surface area (Å²) in [6.07, 6.45) is -3.20. The number of aryl methyl sites for hydroxylation is 1. The van der Waals surface area contributed by atoms with Crippen molar-refractivity contribution in [1.29, 1.82) is 0 Å². The standard InChI is InChI=1S/C23H18F3N5O4/c1-2-11-5-3-4-6-14(11)29-17-13(19(27)33)10-28-21-18(17)30-20(31-21)12-7-8-16(15(32)9-12)35-22(34)23(24,25)26/h3-10,32H,2H2,1H3,(H2,27,33)(H2,28,29,30,31). The summed E-state index contributed by atoms with van der Waals surface area (Å²) in [5.41, 5.74) is 8.49. The number of aromatic hydroxyl groups is 1. The van der Waals surface area contributed by atoms with Crippen molar-refractivity contribution in [3.8, 4) is 22.9 Å². The van der Waals surface area contributed by atoms with Gasteiger partial charge < -0.3 is 25.9 Å². The smallest absolute Gasteiger partial charge is 0.491 e. The number of carbonyl (C=O) groups excluding carboxylic acids is 2. The second-order valence-corrected chi connectivity index (χ2v) is 7.40. The zero-order valence-electron chi connectivity index (χ0n) is 18.1. The second kappa shape index (κ2) is 8.97. The van der Waals surface area contributed by atoms with Crippen LogP contribution in [0.15, 0.2) is 48.7 Å². The number of alkyl halides is 3. The summed E-state index contributed by atoms with van der Waals surface area (Å²) in [6.45, 7) is 1.98. The van der Waals surface area contributed by atoms with Crippen LogP contribution in [-0.2, 0) is 11.2 Å². The van der Waals surface area contributed by atoms with Gasteiger partial charge in [0.2, 0.25) is 0 Å². The van der Waals surface area contributed by atoms with Crippen LogP contribution in [0.5, 0.6) is 11.5 Å². The van der Waals surface area contributed by atoms with E-state index in [1.54, 1.807) is 0 Å². The Morgan fingerprint density at radius 1 is 1.20 bits per heavy atom. The number of esters is 1. The van der Waals surface area contributed by atoms with Crippen molar-refractivity contribution >= 4 is 34.4 Å². The maximum atomic E-state index is 12.4. The highest BCUT2D eigenvalue weighted by molar-refractivity contribution is 6.06. The molecule has 0 aliphatic carbocycles. The molecule has 0 unspecified atom stereocenters. The fourth-order valence-electron chi connectivity index (χ4n) is 3.40. The minimum atomic E-state index is -5.21. The van der Waals surface area contributed by atoms with Crippen LogP contribution in [0.25, 0.3) is 22.6 Å². The average Bonchev–Trinajstić information content (AvgIpc) is 3.25. The van der Waals surface area contributed by atoms with E-state index in [0.717, 1.165) is 29.8 Å². The molecule has 2 aromatic carbocycles. The molecule has 0 aliphatic rings. The summed E-state index contributed by atoms with van der Waals surface area (Å²) in [5, 5.41) is 13.3. The van der Waals surface area contributed by atoms with Gasteiger partial charge in [-0.1, -0.05) is 25.1 Å². The Bertz CT molecular complexity index is 1450. The normalized spacial score (nSPS) is 11.4. The number of amides is 1. The summed E-state index contributed by atoms with van der Waals surface area (Å²) >= 11 is 0. The maximum Gasteiger partial charge on any atom is 0.491 e. The molecule has 0 atom stereocenters. The van der Waals surface area contributed by atoms with Crippen LogP contribution in [-0.4, -0.2) is 38.1 Å². The van der Waals surface area contributed by atoms with Gasteiger partial charge in [-0.15, -0.1) is 0 Å². The quantitative estimate of drug-likeness (QED) is 0.237. The molecular weight excluding hydrogens is 467 g/mol. The van der Waals surface area contributed by atoms with Crippen molar-refractivity contribution in [3.63, 3.8) is 0 Å². The second-order valence-electron chi connectivity index (χ2n) is 7.40. The third-order valence-corrected chi connectivity index (χ3v) is 5.10. The molecule has 0 bridgehead atoms. The predicted octanol–water partition coefficient (Wildman–Crippen LogP) is 4.20. The van der Waals surface area contributed by atoms with Crippen LogP contribution in [0.2, 0.25) is 0 Å². The molecule has 5 N–H and O–H groups in total. The number of phenolic OH excluding ortho intramolecular Hbond substituents is 1. The number of halogens is 3. The Labute approximate surface area is 195 Å². The van der Waals surface area contributed by atoms with E-state index in [2.05, 4.69) is 25.0 Å². The van der Waals surface area contributed by atoms with E-state index in [9.17, 15) is 27.9 Å². The van der Waals surface area contributed by atoms with E-state index in [0.29, 0.717) is 5.69 Å². The number of pyridine rings is 1. The number of ether oxygens (including phenoxy) is 1. The van der Waals surface area contributed by atoms with Crippen LogP contribution in [0.3, 0.4) is 0 Å². The number of phenols is 1. The number of primary amides is 1. The van der Waals surface area contributed by atoms with Crippen molar-refractivity contribution in [3.05, 3.63) is 59.8 Å². The first kappa shape index (κ1) is 23.5. The van der Waals surface area contributed by atoms with E-state index in [-0.39, 0.29) is 28.1 Å². The van der Waals surface area contributed by atoms with Gasteiger partial charge in [-0.05, 0) is 36.2 Å². The highest BCUT2D eigenvalue weighted by Crippen LogP contribution is 2.35. The molecule has 9 nitrogen and oxygen atoms in total. The number of hydrogen-bond donors (Lipinski definition) is 4.